The van der Waals surface area contributed by atoms with Crippen LogP contribution in [0.2, 0.25) is 5.02 Å². The van der Waals surface area contributed by atoms with E-state index in [0.717, 1.165) is 31.2 Å². The van der Waals surface area contributed by atoms with E-state index < -0.39 is 0 Å². The molecule has 3 nitrogen and oxygen atoms in total. The van der Waals surface area contributed by atoms with Crippen LogP contribution >= 0.6 is 23.8 Å². The van der Waals surface area contributed by atoms with Crippen molar-refractivity contribution in [3.63, 3.8) is 0 Å². The fourth-order valence-electron chi connectivity index (χ4n) is 3.26. The third kappa shape index (κ3) is 5.18. The molecule has 0 spiro atoms. The van der Waals surface area contributed by atoms with Crippen LogP contribution in [0.1, 0.15) is 30.0 Å². The standard InChI is InChI=1S/C20H24ClN3S/c21-18-11-5-4-10-17(18)19(24-12-6-7-13-24)15-23-20(25)22-14-16-8-2-1-3-9-16/h1-5,8-11,19H,6-7,12-15H2,(H2,22,23,25)/t19-/m1/s1. The number of halogens is 1. The van der Waals surface area contributed by atoms with E-state index in [4.69, 9.17) is 23.8 Å². The molecule has 25 heavy (non-hydrogen) atoms. The Hall–Kier alpha value is -1.62. The van der Waals surface area contributed by atoms with Gasteiger partial charge in [-0.1, -0.05) is 60.1 Å². The van der Waals surface area contributed by atoms with E-state index in [1.807, 2.05) is 30.3 Å². The molecule has 1 heterocycles. The highest BCUT2D eigenvalue weighted by molar-refractivity contribution is 7.80. The van der Waals surface area contributed by atoms with Crippen molar-refractivity contribution in [3.8, 4) is 0 Å². The van der Waals surface area contributed by atoms with Gasteiger partial charge in [-0.15, -0.1) is 0 Å². The SMILES string of the molecule is S=C(NCc1ccccc1)NC[C@H](c1ccccc1Cl)N1CCCC1. The number of likely N-dealkylation sites (tertiary alicyclic amines) is 1. The van der Waals surface area contributed by atoms with Crippen molar-refractivity contribution in [2.24, 2.45) is 0 Å². The van der Waals surface area contributed by atoms with E-state index >= 15 is 0 Å². The highest BCUT2D eigenvalue weighted by Crippen LogP contribution is 2.29. The third-order valence-electron chi connectivity index (χ3n) is 4.60. The number of rotatable bonds is 6. The van der Waals surface area contributed by atoms with Gasteiger partial charge in [0.1, 0.15) is 0 Å². The number of hydrogen-bond acceptors (Lipinski definition) is 2. The van der Waals surface area contributed by atoms with E-state index in [-0.39, 0.29) is 6.04 Å². The lowest BCUT2D eigenvalue weighted by molar-refractivity contribution is 0.246. The first kappa shape index (κ1) is 18.2. The zero-order valence-corrected chi connectivity index (χ0v) is 15.8. The average Bonchev–Trinajstić information content (AvgIpc) is 3.17. The summed E-state index contributed by atoms with van der Waals surface area (Å²) in [6.07, 6.45) is 2.50. The van der Waals surface area contributed by atoms with Gasteiger partial charge in [-0.05, 0) is 55.3 Å². The van der Waals surface area contributed by atoms with Crippen molar-refractivity contribution in [2.75, 3.05) is 19.6 Å². The normalized spacial score (nSPS) is 15.7. The summed E-state index contributed by atoms with van der Waals surface area (Å²) in [5, 5.41) is 8.16. The summed E-state index contributed by atoms with van der Waals surface area (Å²) in [5.41, 5.74) is 2.39. The molecule has 132 valence electrons. The fourth-order valence-corrected chi connectivity index (χ4v) is 3.68. The summed E-state index contributed by atoms with van der Waals surface area (Å²) < 4.78 is 0. The van der Waals surface area contributed by atoms with Gasteiger partial charge in [-0.25, -0.2) is 0 Å². The summed E-state index contributed by atoms with van der Waals surface area (Å²) in [5.74, 6) is 0. The lowest BCUT2D eigenvalue weighted by atomic mass is 10.1. The molecule has 1 atom stereocenters. The second-order valence-electron chi connectivity index (χ2n) is 6.33. The molecule has 1 fully saturated rings. The van der Waals surface area contributed by atoms with Crippen molar-refractivity contribution in [2.45, 2.75) is 25.4 Å². The largest absolute Gasteiger partial charge is 0.361 e. The molecular weight excluding hydrogens is 350 g/mol. The van der Waals surface area contributed by atoms with E-state index in [1.165, 1.54) is 24.0 Å². The van der Waals surface area contributed by atoms with Crippen LogP contribution < -0.4 is 10.6 Å². The minimum atomic E-state index is 0.243. The van der Waals surface area contributed by atoms with Crippen LogP contribution in [0.25, 0.3) is 0 Å². The third-order valence-corrected chi connectivity index (χ3v) is 5.23. The zero-order chi connectivity index (χ0) is 17.5. The highest BCUT2D eigenvalue weighted by Gasteiger charge is 2.25. The van der Waals surface area contributed by atoms with Gasteiger partial charge in [0.25, 0.3) is 0 Å². The number of thiocarbonyl (C=S) groups is 1. The van der Waals surface area contributed by atoms with Crippen LogP contribution in [0.5, 0.6) is 0 Å². The lowest BCUT2D eigenvalue weighted by Crippen LogP contribution is -2.41. The number of nitrogens with zero attached hydrogens (tertiary/aromatic N) is 1. The predicted octanol–water partition coefficient (Wildman–Crippen LogP) is 4.14. The maximum atomic E-state index is 6.45. The van der Waals surface area contributed by atoms with Gasteiger partial charge in [0.15, 0.2) is 5.11 Å². The molecule has 2 aromatic rings. The molecule has 5 heteroatoms. The Morgan fingerprint density at radius 3 is 2.40 bits per heavy atom. The summed E-state index contributed by atoms with van der Waals surface area (Å²) in [6.45, 7) is 3.71. The Kier molecular flexibility index (Phi) is 6.68. The molecular formula is C20H24ClN3S. The van der Waals surface area contributed by atoms with Crippen molar-refractivity contribution in [1.82, 2.24) is 15.5 Å². The Labute approximate surface area is 160 Å². The van der Waals surface area contributed by atoms with Crippen molar-refractivity contribution >= 4 is 28.9 Å². The number of benzene rings is 2. The quantitative estimate of drug-likeness (QED) is 0.744. The van der Waals surface area contributed by atoms with E-state index in [1.54, 1.807) is 0 Å². The van der Waals surface area contributed by atoms with Gasteiger partial charge < -0.3 is 10.6 Å². The molecule has 0 aliphatic carbocycles. The van der Waals surface area contributed by atoms with Gasteiger partial charge in [0.05, 0.1) is 6.04 Å². The Morgan fingerprint density at radius 2 is 1.68 bits per heavy atom. The molecule has 0 radical (unpaired) electrons. The van der Waals surface area contributed by atoms with Crippen LogP contribution in [-0.4, -0.2) is 29.6 Å². The predicted molar refractivity (Wildman–Crippen MR) is 109 cm³/mol. The number of nitrogens with one attached hydrogen (secondary N) is 2. The van der Waals surface area contributed by atoms with Gasteiger partial charge >= 0.3 is 0 Å². The molecule has 0 saturated carbocycles. The molecule has 0 unspecified atom stereocenters. The second-order valence-corrected chi connectivity index (χ2v) is 7.15. The van der Waals surface area contributed by atoms with E-state index in [2.05, 4.69) is 39.8 Å². The van der Waals surface area contributed by atoms with Crippen molar-refractivity contribution in [3.05, 3.63) is 70.7 Å². The van der Waals surface area contributed by atoms with E-state index in [9.17, 15) is 0 Å². The summed E-state index contributed by atoms with van der Waals surface area (Å²) in [7, 11) is 0. The van der Waals surface area contributed by atoms with Gasteiger partial charge in [-0.3, -0.25) is 4.90 Å². The molecule has 2 aromatic carbocycles. The molecule has 0 aromatic heterocycles. The van der Waals surface area contributed by atoms with Gasteiger partial charge in [0.2, 0.25) is 0 Å². The average molecular weight is 374 g/mol. The van der Waals surface area contributed by atoms with Gasteiger partial charge in [-0.2, -0.15) is 0 Å². The summed E-state index contributed by atoms with van der Waals surface area (Å²) >= 11 is 11.9. The van der Waals surface area contributed by atoms with Crippen LogP contribution in [0.15, 0.2) is 54.6 Å². The Bertz CT molecular complexity index is 686. The molecule has 1 aliphatic rings. The van der Waals surface area contributed by atoms with Crippen LogP contribution in [-0.2, 0) is 6.54 Å². The first-order valence-electron chi connectivity index (χ1n) is 8.78. The summed E-state index contributed by atoms with van der Waals surface area (Å²) in [4.78, 5) is 2.49. The maximum Gasteiger partial charge on any atom is 0.166 e. The smallest absolute Gasteiger partial charge is 0.166 e. The molecule has 0 bridgehead atoms. The summed E-state index contributed by atoms with van der Waals surface area (Å²) in [6, 6.07) is 18.6. The first-order valence-corrected chi connectivity index (χ1v) is 9.57. The monoisotopic (exact) mass is 373 g/mol. The Balaban J connectivity index is 1.59. The van der Waals surface area contributed by atoms with Crippen LogP contribution in [0.4, 0.5) is 0 Å². The van der Waals surface area contributed by atoms with E-state index in [0.29, 0.717) is 5.11 Å². The first-order chi connectivity index (χ1) is 12.2. The molecule has 1 saturated heterocycles. The lowest BCUT2D eigenvalue weighted by Gasteiger charge is -2.29. The topological polar surface area (TPSA) is 27.3 Å². The zero-order valence-electron chi connectivity index (χ0n) is 14.2. The fraction of sp³-hybridized carbons (Fsp3) is 0.350. The number of hydrogen-bond donors (Lipinski definition) is 2. The van der Waals surface area contributed by atoms with Crippen molar-refractivity contribution in [1.29, 1.82) is 0 Å². The minimum absolute atomic E-state index is 0.243. The Morgan fingerprint density at radius 1 is 1.00 bits per heavy atom. The van der Waals surface area contributed by atoms with Crippen molar-refractivity contribution < 1.29 is 0 Å². The van der Waals surface area contributed by atoms with Crippen LogP contribution in [0, 0.1) is 0 Å². The van der Waals surface area contributed by atoms with Gasteiger partial charge in [0, 0.05) is 18.1 Å². The molecule has 3 rings (SSSR count). The molecule has 1 aliphatic heterocycles. The molecule has 0 amide bonds. The second kappa shape index (κ2) is 9.18. The van der Waals surface area contributed by atoms with Crippen LogP contribution in [0.3, 0.4) is 0 Å². The maximum absolute atomic E-state index is 6.45. The highest BCUT2D eigenvalue weighted by atomic mass is 35.5. The molecule has 2 N–H and O–H groups in total. The minimum Gasteiger partial charge on any atom is -0.361 e.